The highest BCUT2D eigenvalue weighted by atomic mass is 79.9. The third kappa shape index (κ3) is 4.17. The smallest absolute Gasteiger partial charge is 0.210 e. The maximum absolute atomic E-state index is 12.0. The fourth-order valence-corrected chi connectivity index (χ4v) is 3.20. The fraction of sp³-hybridized carbons (Fsp3) is 0.353. The van der Waals surface area contributed by atoms with Gasteiger partial charge in [-0.2, -0.15) is 0 Å². The molecular formula is C17H19BrO2S. The molecule has 0 aliphatic heterocycles. The van der Waals surface area contributed by atoms with Gasteiger partial charge in [-0.3, -0.25) is 4.79 Å². The van der Waals surface area contributed by atoms with Crippen LogP contribution in [-0.4, -0.2) is 12.4 Å². The van der Waals surface area contributed by atoms with Crippen molar-refractivity contribution in [3.63, 3.8) is 0 Å². The van der Waals surface area contributed by atoms with Crippen LogP contribution in [0.3, 0.4) is 0 Å². The molecular weight excluding hydrogens is 348 g/mol. The number of carbonyl (C=O) groups is 1. The summed E-state index contributed by atoms with van der Waals surface area (Å²) in [6.45, 7) is 6.70. The molecule has 0 saturated carbocycles. The summed E-state index contributed by atoms with van der Waals surface area (Å²) in [7, 11) is 0. The zero-order chi connectivity index (χ0) is 15.5. The van der Waals surface area contributed by atoms with E-state index in [9.17, 15) is 4.79 Å². The molecule has 0 aliphatic rings. The van der Waals surface area contributed by atoms with Gasteiger partial charge in [0.2, 0.25) is 5.78 Å². The summed E-state index contributed by atoms with van der Waals surface area (Å²) in [5.74, 6) is 0.735. The molecule has 1 aromatic carbocycles. The van der Waals surface area contributed by atoms with E-state index >= 15 is 0 Å². The normalized spacial score (nSPS) is 11.4. The Morgan fingerprint density at radius 1 is 1.19 bits per heavy atom. The summed E-state index contributed by atoms with van der Waals surface area (Å²) in [4.78, 5) is 12.7. The monoisotopic (exact) mass is 366 g/mol. The Morgan fingerprint density at radius 3 is 2.38 bits per heavy atom. The highest BCUT2D eigenvalue weighted by molar-refractivity contribution is 9.11. The Morgan fingerprint density at radius 2 is 1.86 bits per heavy atom. The first-order valence-electron chi connectivity index (χ1n) is 6.94. The van der Waals surface area contributed by atoms with Crippen LogP contribution in [0.5, 0.6) is 5.75 Å². The van der Waals surface area contributed by atoms with Gasteiger partial charge in [0.05, 0.1) is 8.66 Å². The first-order chi connectivity index (χ1) is 9.92. The molecule has 0 bridgehead atoms. The van der Waals surface area contributed by atoms with Crippen LogP contribution in [-0.2, 0) is 5.41 Å². The Hall–Kier alpha value is -1.13. The first kappa shape index (κ1) is 16.2. The van der Waals surface area contributed by atoms with Crippen molar-refractivity contribution in [3.05, 3.63) is 50.6 Å². The van der Waals surface area contributed by atoms with Crippen LogP contribution < -0.4 is 4.74 Å². The van der Waals surface area contributed by atoms with Crippen LogP contribution in [0.25, 0.3) is 0 Å². The summed E-state index contributed by atoms with van der Waals surface area (Å²) in [6.07, 6.45) is 1.08. The van der Waals surface area contributed by atoms with Crippen molar-refractivity contribution in [1.82, 2.24) is 0 Å². The Kier molecular flexibility index (Phi) is 5.22. The van der Waals surface area contributed by atoms with Gasteiger partial charge in [0.1, 0.15) is 5.75 Å². The molecule has 4 heteroatoms. The van der Waals surface area contributed by atoms with E-state index in [2.05, 4.69) is 48.8 Å². The first-order valence-corrected chi connectivity index (χ1v) is 8.55. The molecule has 0 fully saturated rings. The van der Waals surface area contributed by atoms with E-state index in [1.807, 2.05) is 24.3 Å². The van der Waals surface area contributed by atoms with Gasteiger partial charge in [0.25, 0.3) is 0 Å². The van der Waals surface area contributed by atoms with Crippen molar-refractivity contribution in [2.45, 2.75) is 32.6 Å². The average molecular weight is 367 g/mol. The van der Waals surface area contributed by atoms with E-state index in [1.165, 1.54) is 16.9 Å². The number of Topliss-reactive ketones (excluding diaryl/α,β-unsaturated/α-hetero) is 1. The maximum Gasteiger partial charge on any atom is 0.210 e. The minimum absolute atomic E-state index is 0.00339. The van der Waals surface area contributed by atoms with Gasteiger partial charge < -0.3 is 4.74 Å². The van der Waals surface area contributed by atoms with Crippen LogP contribution in [0.1, 0.15) is 42.4 Å². The van der Waals surface area contributed by atoms with E-state index in [0.717, 1.165) is 16.0 Å². The highest BCUT2D eigenvalue weighted by Gasteiger charge is 2.17. The second kappa shape index (κ2) is 6.75. The molecule has 1 aromatic heterocycles. The molecule has 0 N–H and O–H groups in total. The molecule has 2 nitrogen and oxygen atoms in total. The number of halogens is 1. The molecule has 2 rings (SSSR count). The lowest BCUT2D eigenvalue weighted by Gasteiger charge is -2.23. The van der Waals surface area contributed by atoms with Gasteiger partial charge in [-0.15, -0.1) is 11.3 Å². The van der Waals surface area contributed by atoms with Crippen molar-refractivity contribution in [1.29, 1.82) is 0 Å². The number of hydrogen-bond acceptors (Lipinski definition) is 3. The number of rotatable bonds is 6. The van der Waals surface area contributed by atoms with Crippen molar-refractivity contribution in [2.24, 2.45) is 0 Å². The third-order valence-corrected chi connectivity index (χ3v) is 5.40. The average Bonchev–Trinajstić information content (AvgIpc) is 2.92. The van der Waals surface area contributed by atoms with Crippen LogP contribution in [0.4, 0.5) is 0 Å². The van der Waals surface area contributed by atoms with Crippen LogP contribution >= 0.6 is 27.3 Å². The number of benzene rings is 1. The van der Waals surface area contributed by atoms with Gasteiger partial charge in [-0.05, 0) is 57.6 Å². The topological polar surface area (TPSA) is 26.3 Å². The van der Waals surface area contributed by atoms with Crippen LogP contribution in [0.2, 0.25) is 0 Å². The minimum Gasteiger partial charge on any atom is -0.485 e. The van der Waals surface area contributed by atoms with Crippen LogP contribution in [0.15, 0.2) is 40.2 Å². The summed E-state index contributed by atoms with van der Waals surface area (Å²) in [5.41, 5.74) is 1.45. The predicted molar refractivity (Wildman–Crippen MR) is 91.6 cm³/mol. The lowest BCUT2D eigenvalue weighted by molar-refractivity contribution is 0.0925. The number of ketones is 1. The lowest BCUT2D eigenvalue weighted by Crippen LogP contribution is -2.15. The van der Waals surface area contributed by atoms with E-state index in [4.69, 9.17) is 4.74 Å². The van der Waals surface area contributed by atoms with Crippen molar-refractivity contribution >= 4 is 33.0 Å². The Labute approximate surface area is 138 Å². The predicted octanol–water partition coefficient (Wildman–Crippen LogP) is 5.46. The van der Waals surface area contributed by atoms with Gasteiger partial charge in [0, 0.05) is 0 Å². The Bertz CT molecular complexity index is 614. The quantitative estimate of drug-likeness (QED) is 0.634. The minimum atomic E-state index is 0.00339. The molecule has 2 aromatic rings. The standard InChI is InChI=1S/C17H19BrO2S/c1-4-17(2,3)12-5-7-13(8-6-12)20-11-14(19)15-9-10-16(18)21-15/h5-10H,4,11H2,1-3H3. The summed E-state index contributed by atoms with van der Waals surface area (Å²) in [5, 5.41) is 0. The van der Waals surface area contributed by atoms with Crippen molar-refractivity contribution in [2.75, 3.05) is 6.61 Å². The maximum atomic E-state index is 12.0. The molecule has 0 atom stereocenters. The van der Waals surface area contributed by atoms with Gasteiger partial charge in [-0.1, -0.05) is 32.9 Å². The Balaban J connectivity index is 1.96. The van der Waals surface area contributed by atoms with E-state index in [1.54, 1.807) is 0 Å². The summed E-state index contributed by atoms with van der Waals surface area (Å²) in [6, 6.07) is 11.7. The summed E-state index contributed by atoms with van der Waals surface area (Å²) >= 11 is 4.78. The van der Waals surface area contributed by atoms with Gasteiger partial charge in [-0.25, -0.2) is 0 Å². The van der Waals surface area contributed by atoms with Crippen LogP contribution in [0, 0.1) is 0 Å². The molecule has 1 heterocycles. The zero-order valence-corrected chi connectivity index (χ0v) is 14.9. The van der Waals surface area contributed by atoms with Gasteiger partial charge in [0.15, 0.2) is 6.61 Å². The second-order valence-electron chi connectivity index (χ2n) is 5.58. The molecule has 0 radical (unpaired) electrons. The zero-order valence-electron chi connectivity index (χ0n) is 12.5. The highest BCUT2D eigenvalue weighted by Crippen LogP contribution is 2.28. The molecule has 0 amide bonds. The molecule has 0 aliphatic carbocycles. The molecule has 0 spiro atoms. The SMILES string of the molecule is CCC(C)(C)c1ccc(OCC(=O)c2ccc(Br)s2)cc1. The number of carbonyl (C=O) groups excluding carboxylic acids is 1. The number of thiophene rings is 1. The van der Waals surface area contributed by atoms with Gasteiger partial charge >= 0.3 is 0 Å². The van der Waals surface area contributed by atoms with E-state index in [-0.39, 0.29) is 17.8 Å². The summed E-state index contributed by atoms with van der Waals surface area (Å²) < 4.78 is 6.53. The van der Waals surface area contributed by atoms with E-state index < -0.39 is 0 Å². The number of ether oxygens (including phenoxy) is 1. The second-order valence-corrected chi connectivity index (χ2v) is 8.04. The molecule has 112 valence electrons. The number of hydrogen-bond donors (Lipinski definition) is 0. The van der Waals surface area contributed by atoms with E-state index in [0.29, 0.717) is 4.88 Å². The molecule has 0 unspecified atom stereocenters. The fourth-order valence-electron chi connectivity index (χ4n) is 1.89. The van der Waals surface area contributed by atoms with Crippen molar-refractivity contribution < 1.29 is 9.53 Å². The van der Waals surface area contributed by atoms with Crippen molar-refractivity contribution in [3.8, 4) is 5.75 Å². The largest absolute Gasteiger partial charge is 0.485 e. The lowest BCUT2D eigenvalue weighted by atomic mass is 9.82. The molecule has 21 heavy (non-hydrogen) atoms. The third-order valence-electron chi connectivity index (χ3n) is 3.74. The molecule has 0 saturated heterocycles.